The number of hydrogen-bond acceptors (Lipinski definition) is 2. The lowest BCUT2D eigenvalue weighted by Crippen LogP contribution is -2.37. The molecule has 0 atom stereocenters. The molecular formula is C14H21NO3. The van der Waals surface area contributed by atoms with E-state index in [1.54, 1.807) is 0 Å². The Kier molecular flexibility index (Phi) is 4.77. The van der Waals surface area contributed by atoms with Crippen LogP contribution < -0.4 is 5.32 Å². The van der Waals surface area contributed by atoms with E-state index in [2.05, 4.69) is 17.2 Å². The number of carboxylic acid groups (broad SMARTS) is 1. The molecule has 0 aromatic carbocycles. The van der Waals surface area contributed by atoms with Crippen molar-refractivity contribution < 1.29 is 14.7 Å². The van der Waals surface area contributed by atoms with Crippen molar-refractivity contribution in [3.63, 3.8) is 0 Å². The fourth-order valence-corrected chi connectivity index (χ4v) is 2.03. The van der Waals surface area contributed by atoms with Crippen molar-refractivity contribution in [2.45, 2.75) is 52.5 Å². The van der Waals surface area contributed by atoms with E-state index in [0.29, 0.717) is 0 Å². The van der Waals surface area contributed by atoms with E-state index in [1.807, 2.05) is 20.8 Å². The van der Waals surface area contributed by atoms with Crippen molar-refractivity contribution in [1.29, 1.82) is 0 Å². The second kappa shape index (κ2) is 5.90. The Morgan fingerprint density at radius 1 is 1.17 bits per heavy atom. The lowest BCUT2D eigenvalue weighted by atomic mass is 9.83. The number of rotatable bonds is 2. The Bertz CT molecular complexity index is 376. The number of nitrogens with one attached hydrogen (secondary N) is 1. The van der Waals surface area contributed by atoms with Gasteiger partial charge < -0.3 is 10.4 Å². The first-order valence-electron chi connectivity index (χ1n) is 6.34. The van der Waals surface area contributed by atoms with Crippen LogP contribution in [0.2, 0.25) is 0 Å². The van der Waals surface area contributed by atoms with Gasteiger partial charge in [0.15, 0.2) is 0 Å². The SMILES string of the molecule is CC(C)(C)C#CC(=O)C1CCC(NC(=O)O)CC1. The quantitative estimate of drug-likeness (QED) is 0.585. The molecule has 2 N–H and O–H groups in total. The Hall–Kier alpha value is -1.50. The normalized spacial score (nSPS) is 23.7. The molecule has 0 heterocycles. The summed E-state index contributed by atoms with van der Waals surface area (Å²) in [6.07, 6.45) is 1.91. The fourth-order valence-electron chi connectivity index (χ4n) is 2.03. The van der Waals surface area contributed by atoms with Gasteiger partial charge in [-0.1, -0.05) is 5.92 Å². The minimum atomic E-state index is -0.989. The largest absolute Gasteiger partial charge is 0.465 e. The highest BCUT2D eigenvalue weighted by Crippen LogP contribution is 2.25. The summed E-state index contributed by atoms with van der Waals surface area (Å²) in [6, 6.07) is -0.0119. The number of Topliss-reactive ketones (excluding diaryl/α,β-unsaturated/α-hetero) is 1. The predicted molar refractivity (Wildman–Crippen MR) is 69.1 cm³/mol. The van der Waals surface area contributed by atoms with E-state index in [1.165, 1.54) is 0 Å². The Morgan fingerprint density at radius 3 is 2.17 bits per heavy atom. The van der Waals surface area contributed by atoms with Crippen LogP contribution in [0, 0.1) is 23.2 Å². The zero-order valence-corrected chi connectivity index (χ0v) is 11.2. The van der Waals surface area contributed by atoms with Gasteiger partial charge in [0.1, 0.15) is 0 Å². The molecule has 4 heteroatoms. The van der Waals surface area contributed by atoms with Crippen molar-refractivity contribution in [1.82, 2.24) is 5.32 Å². The van der Waals surface area contributed by atoms with Gasteiger partial charge in [-0.25, -0.2) is 4.79 Å². The molecule has 1 amide bonds. The molecule has 18 heavy (non-hydrogen) atoms. The number of amides is 1. The molecule has 0 bridgehead atoms. The third-order valence-electron chi connectivity index (χ3n) is 2.99. The van der Waals surface area contributed by atoms with Crippen LogP contribution in [0.15, 0.2) is 0 Å². The van der Waals surface area contributed by atoms with E-state index in [0.717, 1.165) is 25.7 Å². The van der Waals surface area contributed by atoms with E-state index in [4.69, 9.17) is 5.11 Å². The molecule has 0 aliphatic heterocycles. The van der Waals surface area contributed by atoms with Crippen molar-refractivity contribution in [3.8, 4) is 11.8 Å². The van der Waals surface area contributed by atoms with Crippen LogP contribution in [0.4, 0.5) is 4.79 Å². The number of carbonyl (C=O) groups is 2. The number of ketones is 1. The van der Waals surface area contributed by atoms with Gasteiger partial charge in [-0.05, 0) is 52.4 Å². The maximum absolute atomic E-state index is 11.9. The summed E-state index contributed by atoms with van der Waals surface area (Å²) < 4.78 is 0. The molecule has 0 unspecified atom stereocenters. The number of carbonyl (C=O) groups excluding carboxylic acids is 1. The predicted octanol–water partition coefficient (Wildman–Crippen LogP) is 2.43. The zero-order valence-electron chi connectivity index (χ0n) is 11.2. The summed E-state index contributed by atoms with van der Waals surface area (Å²) in [5.41, 5.74) is -0.155. The molecule has 1 rings (SSSR count). The van der Waals surface area contributed by atoms with E-state index in [9.17, 15) is 9.59 Å². The zero-order chi connectivity index (χ0) is 13.8. The molecule has 100 valence electrons. The van der Waals surface area contributed by atoms with Gasteiger partial charge >= 0.3 is 6.09 Å². The molecule has 1 aliphatic carbocycles. The van der Waals surface area contributed by atoms with Crippen LogP contribution in [0.1, 0.15) is 46.5 Å². The summed E-state index contributed by atoms with van der Waals surface area (Å²) in [5, 5.41) is 11.1. The Labute approximate surface area is 108 Å². The lowest BCUT2D eigenvalue weighted by molar-refractivity contribution is -0.118. The average Bonchev–Trinajstić information content (AvgIpc) is 2.25. The maximum Gasteiger partial charge on any atom is 0.404 e. The standard InChI is InChI=1S/C14H21NO3/c1-14(2,3)9-8-12(16)10-4-6-11(7-5-10)15-13(17)18/h10-11,15H,4-7H2,1-3H3,(H,17,18). The average molecular weight is 251 g/mol. The molecule has 0 saturated heterocycles. The number of hydrogen-bond donors (Lipinski definition) is 2. The molecule has 4 nitrogen and oxygen atoms in total. The Balaban J connectivity index is 2.45. The van der Waals surface area contributed by atoms with Crippen LogP contribution in [0.25, 0.3) is 0 Å². The fraction of sp³-hybridized carbons (Fsp3) is 0.714. The second-order valence-corrected chi connectivity index (χ2v) is 5.86. The molecule has 0 aromatic heterocycles. The first kappa shape index (κ1) is 14.6. The van der Waals surface area contributed by atoms with E-state index in [-0.39, 0.29) is 23.2 Å². The monoisotopic (exact) mass is 251 g/mol. The van der Waals surface area contributed by atoms with Crippen molar-refractivity contribution in [2.75, 3.05) is 0 Å². The van der Waals surface area contributed by atoms with Crippen LogP contribution in [0.3, 0.4) is 0 Å². The molecule has 0 aromatic rings. The summed E-state index contributed by atoms with van der Waals surface area (Å²) in [7, 11) is 0. The van der Waals surface area contributed by atoms with E-state index < -0.39 is 6.09 Å². The second-order valence-electron chi connectivity index (χ2n) is 5.86. The van der Waals surface area contributed by atoms with E-state index >= 15 is 0 Å². The van der Waals surface area contributed by atoms with Crippen molar-refractivity contribution in [2.24, 2.45) is 11.3 Å². The summed E-state index contributed by atoms with van der Waals surface area (Å²) in [6.45, 7) is 5.92. The molecule has 1 saturated carbocycles. The molecule has 1 fully saturated rings. The van der Waals surface area contributed by atoms with Crippen LogP contribution in [0.5, 0.6) is 0 Å². The first-order chi connectivity index (χ1) is 8.28. The van der Waals surface area contributed by atoms with Gasteiger partial charge in [0.2, 0.25) is 5.78 Å². The topological polar surface area (TPSA) is 66.4 Å². The van der Waals surface area contributed by atoms with Gasteiger partial charge in [0.05, 0.1) is 0 Å². The molecular weight excluding hydrogens is 230 g/mol. The van der Waals surface area contributed by atoms with Crippen LogP contribution >= 0.6 is 0 Å². The Morgan fingerprint density at radius 2 is 1.72 bits per heavy atom. The van der Waals surface area contributed by atoms with Crippen molar-refractivity contribution in [3.05, 3.63) is 0 Å². The van der Waals surface area contributed by atoms with Crippen molar-refractivity contribution >= 4 is 11.9 Å². The third kappa shape index (κ3) is 5.22. The summed E-state index contributed by atoms with van der Waals surface area (Å²) >= 11 is 0. The third-order valence-corrected chi connectivity index (χ3v) is 2.99. The van der Waals surface area contributed by atoms with Crippen LogP contribution in [-0.2, 0) is 4.79 Å². The molecule has 1 aliphatic rings. The van der Waals surface area contributed by atoms with Gasteiger partial charge in [0, 0.05) is 17.4 Å². The van der Waals surface area contributed by atoms with Gasteiger partial charge in [0.25, 0.3) is 0 Å². The minimum Gasteiger partial charge on any atom is -0.465 e. The molecule has 0 spiro atoms. The molecule has 0 radical (unpaired) electrons. The highest BCUT2D eigenvalue weighted by Gasteiger charge is 2.26. The smallest absolute Gasteiger partial charge is 0.404 e. The van der Waals surface area contributed by atoms with Crippen LogP contribution in [-0.4, -0.2) is 23.0 Å². The maximum atomic E-state index is 11.9. The summed E-state index contributed by atoms with van der Waals surface area (Å²) in [4.78, 5) is 22.4. The highest BCUT2D eigenvalue weighted by atomic mass is 16.4. The highest BCUT2D eigenvalue weighted by molar-refractivity contribution is 5.97. The first-order valence-corrected chi connectivity index (χ1v) is 6.34. The van der Waals surface area contributed by atoms with Gasteiger partial charge in [-0.15, -0.1) is 0 Å². The van der Waals surface area contributed by atoms with Gasteiger partial charge in [-0.2, -0.15) is 0 Å². The minimum absolute atomic E-state index is 0.00120. The lowest BCUT2D eigenvalue weighted by Gasteiger charge is -2.26. The van der Waals surface area contributed by atoms with Gasteiger partial charge in [-0.3, -0.25) is 4.79 Å². The summed E-state index contributed by atoms with van der Waals surface area (Å²) in [5.74, 6) is 5.65.